The molecule has 0 unspecified atom stereocenters. The lowest BCUT2D eigenvalue weighted by atomic mass is 9.95. The lowest BCUT2D eigenvalue weighted by Crippen LogP contribution is -2.30. The second-order valence-electron chi connectivity index (χ2n) is 10.5. The molecule has 1 aliphatic rings. The molecule has 0 saturated carbocycles. The summed E-state index contributed by atoms with van der Waals surface area (Å²) in [6.07, 6.45) is -0.599. The minimum atomic E-state index is -0.599. The number of amides is 3. The van der Waals surface area contributed by atoms with Gasteiger partial charge in [-0.2, -0.15) is 0 Å². The highest BCUT2D eigenvalue weighted by molar-refractivity contribution is 6.19. The van der Waals surface area contributed by atoms with Crippen LogP contribution in [0.4, 0.5) is 16.2 Å². The van der Waals surface area contributed by atoms with Gasteiger partial charge in [0.15, 0.2) is 0 Å². The van der Waals surface area contributed by atoms with Gasteiger partial charge < -0.3 is 30.2 Å². The van der Waals surface area contributed by atoms with E-state index < -0.39 is 6.09 Å². The number of hydrogen-bond acceptors (Lipinski definition) is 4. The van der Waals surface area contributed by atoms with E-state index in [1.807, 2.05) is 66.7 Å². The Hall–Kier alpha value is -5.28. The summed E-state index contributed by atoms with van der Waals surface area (Å²) in [5.74, 6) is 0.0759. The van der Waals surface area contributed by atoms with Crippen LogP contribution in [0.3, 0.4) is 0 Å². The number of ether oxygens (including phenoxy) is 1. The van der Waals surface area contributed by atoms with Crippen molar-refractivity contribution < 1.29 is 19.1 Å². The van der Waals surface area contributed by atoms with Crippen LogP contribution in [0.2, 0.25) is 0 Å². The van der Waals surface area contributed by atoms with E-state index in [1.54, 1.807) is 23.1 Å². The van der Waals surface area contributed by atoms with Crippen LogP contribution < -0.4 is 20.3 Å². The molecule has 6 aromatic rings. The zero-order valence-corrected chi connectivity index (χ0v) is 23.8. The van der Waals surface area contributed by atoms with E-state index in [0.29, 0.717) is 40.9 Å². The SMILES string of the molecule is CNC(=O)Oc1cc2c(c3ccccc13)[C@H](CCl)CN2C(=O)c1cc2cc(NC(=O)c3cc4ccccc4[nH]3)ccc2[nH]1. The first-order valence-corrected chi connectivity index (χ1v) is 14.3. The Morgan fingerprint density at radius 1 is 0.884 bits per heavy atom. The van der Waals surface area contributed by atoms with E-state index >= 15 is 0 Å². The number of aromatic nitrogens is 2. The molecule has 2 aromatic heterocycles. The van der Waals surface area contributed by atoms with Crippen molar-refractivity contribution in [2.75, 3.05) is 29.7 Å². The molecule has 4 N–H and O–H groups in total. The molecule has 10 heteroatoms. The summed E-state index contributed by atoms with van der Waals surface area (Å²) in [5, 5.41) is 8.78. The minimum Gasteiger partial charge on any atom is -0.410 e. The number of alkyl halides is 1. The van der Waals surface area contributed by atoms with Crippen molar-refractivity contribution in [1.82, 2.24) is 15.3 Å². The van der Waals surface area contributed by atoms with Crippen LogP contribution in [0.1, 0.15) is 32.5 Å². The monoisotopic (exact) mass is 591 g/mol. The van der Waals surface area contributed by atoms with E-state index in [0.717, 1.165) is 38.1 Å². The van der Waals surface area contributed by atoms with Crippen molar-refractivity contribution in [3.05, 3.63) is 102 Å². The van der Waals surface area contributed by atoms with Gasteiger partial charge in [-0.25, -0.2) is 4.79 Å². The molecule has 3 amide bonds. The van der Waals surface area contributed by atoms with Crippen LogP contribution in [0.5, 0.6) is 5.75 Å². The number of anilines is 2. The topological polar surface area (TPSA) is 119 Å². The Morgan fingerprint density at radius 3 is 2.40 bits per heavy atom. The minimum absolute atomic E-state index is 0.101. The summed E-state index contributed by atoms with van der Waals surface area (Å²) < 4.78 is 5.58. The Morgan fingerprint density at radius 2 is 1.60 bits per heavy atom. The molecule has 214 valence electrons. The molecule has 1 aliphatic heterocycles. The predicted molar refractivity (Wildman–Crippen MR) is 169 cm³/mol. The fraction of sp³-hybridized carbons (Fsp3) is 0.121. The number of para-hydroxylation sites is 1. The summed E-state index contributed by atoms with van der Waals surface area (Å²) in [6.45, 7) is 0.381. The van der Waals surface area contributed by atoms with Gasteiger partial charge in [0.1, 0.15) is 17.1 Å². The number of carbonyl (C=O) groups excluding carboxylic acids is 3. The van der Waals surface area contributed by atoms with Crippen molar-refractivity contribution >= 4 is 73.5 Å². The zero-order chi connectivity index (χ0) is 29.7. The molecular formula is C33H26ClN5O4. The van der Waals surface area contributed by atoms with Crippen molar-refractivity contribution in [2.24, 2.45) is 0 Å². The average molecular weight is 592 g/mol. The van der Waals surface area contributed by atoms with Crippen LogP contribution in [0.25, 0.3) is 32.6 Å². The molecule has 9 nitrogen and oxygen atoms in total. The van der Waals surface area contributed by atoms with Gasteiger partial charge in [-0.05, 0) is 47.3 Å². The summed E-state index contributed by atoms with van der Waals surface area (Å²) >= 11 is 6.41. The third-order valence-corrected chi connectivity index (χ3v) is 8.22. The molecule has 0 radical (unpaired) electrons. The molecular weight excluding hydrogens is 566 g/mol. The van der Waals surface area contributed by atoms with Crippen LogP contribution in [-0.4, -0.2) is 47.3 Å². The fourth-order valence-corrected chi connectivity index (χ4v) is 6.08. The third kappa shape index (κ3) is 4.64. The number of halogens is 1. The molecule has 3 heterocycles. The van der Waals surface area contributed by atoms with Gasteiger partial charge in [0.05, 0.1) is 5.69 Å². The highest BCUT2D eigenvalue weighted by Crippen LogP contribution is 2.46. The average Bonchev–Trinajstić information content (AvgIpc) is 3.75. The molecule has 0 fully saturated rings. The maximum atomic E-state index is 14.0. The van der Waals surface area contributed by atoms with Gasteiger partial charge >= 0.3 is 6.09 Å². The van der Waals surface area contributed by atoms with Crippen LogP contribution in [0.15, 0.2) is 84.9 Å². The number of aromatic amines is 2. The highest BCUT2D eigenvalue weighted by atomic mass is 35.5. The van der Waals surface area contributed by atoms with Gasteiger partial charge in [-0.3, -0.25) is 9.59 Å². The molecule has 7 rings (SSSR count). The molecule has 0 aliphatic carbocycles. The first-order valence-electron chi connectivity index (χ1n) is 13.8. The Bertz CT molecular complexity index is 2050. The van der Waals surface area contributed by atoms with E-state index in [9.17, 15) is 14.4 Å². The highest BCUT2D eigenvalue weighted by Gasteiger charge is 2.35. The zero-order valence-electron chi connectivity index (χ0n) is 23.0. The fourth-order valence-electron chi connectivity index (χ4n) is 5.83. The molecule has 1 atom stereocenters. The first-order chi connectivity index (χ1) is 20.9. The van der Waals surface area contributed by atoms with Crippen molar-refractivity contribution in [3.63, 3.8) is 0 Å². The van der Waals surface area contributed by atoms with Gasteiger partial charge in [-0.1, -0.05) is 42.5 Å². The number of fused-ring (bicyclic) bond motifs is 5. The summed E-state index contributed by atoms with van der Waals surface area (Å²) in [5.41, 5.74) is 4.68. The molecule has 43 heavy (non-hydrogen) atoms. The molecule has 4 aromatic carbocycles. The van der Waals surface area contributed by atoms with Crippen LogP contribution in [-0.2, 0) is 0 Å². The number of rotatable bonds is 5. The van der Waals surface area contributed by atoms with Gasteiger partial charge in [0.2, 0.25) is 0 Å². The Kier molecular flexibility index (Phi) is 6.51. The van der Waals surface area contributed by atoms with Crippen LogP contribution in [0, 0.1) is 0 Å². The van der Waals surface area contributed by atoms with Crippen LogP contribution >= 0.6 is 11.6 Å². The smallest absolute Gasteiger partial charge is 0.410 e. The van der Waals surface area contributed by atoms with E-state index in [-0.39, 0.29) is 17.7 Å². The van der Waals surface area contributed by atoms with Gasteiger partial charge in [0, 0.05) is 64.3 Å². The van der Waals surface area contributed by atoms with E-state index in [4.69, 9.17) is 16.3 Å². The number of nitrogens with one attached hydrogen (secondary N) is 4. The lowest BCUT2D eigenvalue weighted by Gasteiger charge is -2.18. The third-order valence-electron chi connectivity index (χ3n) is 7.85. The molecule has 0 bridgehead atoms. The van der Waals surface area contributed by atoms with Gasteiger partial charge in [-0.15, -0.1) is 11.6 Å². The lowest BCUT2D eigenvalue weighted by molar-refractivity contribution is 0.0982. The van der Waals surface area contributed by atoms with E-state index in [1.165, 1.54) is 7.05 Å². The summed E-state index contributed by atoms with van der Waals surface area (Å²) in [6, 6.07) is 26.1. The predicted octanol–water partition coefficient (Wildman–Crippen LogP) is 6.76. The Labute approximate surface area is 250 Å². The van der Waals surface area contributed by atoms with E-state index in [2.05, 4.69) is 20.6 Å². The molecule has 0 spiro atoms. The summed E-state index contributed by atoms with van der Waals surface area (Å²) in [7, 11) is 1.49. The second-order valence-corrected chi connectivity index (χ2v) is 10.8. The number of hydrogen-bond donors (Lipinski definition) is 4. The maximum Gasteiger partial charge on any atom is 0.412 e. The van der Waals surface area contributed by atoms with Crippen molar-refractivity contribution in [2.45, 2.75) is 5.92 Å². The Balaban J connectivity index is 1.20. The quantitative estimate of drug-likeness (QED) is 0.166. The standard InChI is InChI=1S/C33H26ClN5O4/c1-35-33(42)43-29-15-28-30(23-8-4-3-7-22(23)29)20(16-34)17-39(28)32(41)27-14-19-12-21(10-11-25(19)38-27)36-31(40)26-13-18-6-2-5-9-24(18)37-26/h2-15,20,37-38H,16-17H2,1H3,(H,35,42)(H,36,40)/t20-/m1/s1. The number of benzene rings is 4. The summed E-state index contributed by atoms with van der Waals surface area (Å²) in [4.78, 5) is 47.1. The molecule has 0 saturated heterocycles. The number of H-pyrrole nitrogens is 2. The first kappa shape index (κ1) is 26.6. The normalized spacial score (nSPS) is 14.3. The number of nitrogens with zero attached hydrogens (tertiary/aromatic N) is 1. The van der Waals surface area contributed by atoms with Crippen molar-refractivity contribution in [1.29, 1.82) is 0 Å². The maximum absolute atomic E-state index is 14.0. The van der Waals surface area contributed by atoms with Gasteiger partial charge in [0.25, 0.3) is 11.8 Å². The van der Waals surface area contributed by atoms with Crippen molar-refractivity contribution in [3.8, 4) is 5.75 Å². The number of carbonyl (C=O) groups is 3. The second kappa shape index (κ2) is 10.5. The largest absolute Gasteiger partial charge is 0.412 e.